The first kappa shape index (κ1) is 14.7. The largest absolute Gasteiger partial charge is 0.242 e. The number of halogens is 1. The quantitative estimate of drug-likeness (QED) is 0.846. The summed E-state index contributed by atoms with van der Waals surface area (Å²) in [7, 11) is -3.40. The Balaban J connectivity index is 1.65. The molecule has 0 unspecified atom stereocenters. The van der Waals surface area contributed by atoms with Crippen molar-refractivity contribution in [2.24, 2.45) is 17.8 Å². The molecule has 0 amide bonds. The van der Waals surface area contributed by atoms with Gasteiger partial charge in [0.25, 0.3) is 0 Å². The number of nitrogens with one attached hydrogen (secondary N) is 1. The first-order chi connectivity index (χ1) is 9.85. The van der Waals surface area contributed by atoms with Gasteiger partial charge in [-0.15, -0.1) is 11.3 Å². The highest BCUT2D eigenvalue weighted by Gasteiger charge is 2.52. The van der Waals surface area contributed by atoms with Gasteiger partial charge in [0.15, 0.2) is 0 Å². The van der Waals surface area contributed by atoms with Gasteiger partial charge in [-0.1, -0.05) is 0 Å². The van der Waals surface area contributed by atoms with Gasteiger partial charge >= 0.3 is 0 Å². The molecule has 0 aromatic carbocycles. The molecule has 4 saturated carbocycles. The molecule has 1 N–H and O–H groups in total. The average molecular weight is 390 g/mol. The maximum atomic E-state index is 12.8. The second-order valence-corrected chi connectivity index (χ2v) is 11.6. The average Bonchev–Trinajstić information content (AvgIpc) is 2.65. The summed E-state index contributed by atoms with van der Waals surface area (Å²) < 4.78 is 29.7. The van der Waals surface area contributed by atoms with Crippen LogP contribution in [0.1, 0.15) is 43.4 Å². The lowest BCUT2D eigenvalue weighted by Crippen LogP contribution is -2.59. The molecule has 0 aliphatic heterocycles. The number of hydrogen-bond acceptors (Lipinski definition) is 3. The molecular formula is C15H20BrNO2S2. The number of aryl methyl sites for hydroxylation is 1. The van der Waals surface area contributed by atoms with E-state index in [2.05, 4.69) is 20.7 Å². The zero-order valence-corrected chi connectivity index (χ0v) is 15.3. The Hall–Kier alpha value is 0.0900. The third-order valence-corrected chi connectivity index (χ3v) is 8.91. The zero-order valence-electron chi connectivity index (χ0n) is 12.1. The van der Waals surface area contributed by atoms with Crippen LogP contribution in [0.15, 0.2) is 14.7 Å². The standard InChI is InChI=1S/C15H20BrNO2S2/c1-9-13(5-14(16)20-9)21(18,19)17-15-6-10-2-11(7-15)4-12(3-10)8-15/h5,10-12,17H,2-4,6-8H2,1H3. The minimum absolute atomic E-state index is 0.158. The van der Waals surface area contributed by atoms with Crippen molar-refractivity contribution in [3.8, 4) is 0 Å². The molecule has 4 aliphatic carbocycles. The highest BCUT2D eigenvalue weighted by Crippen LogP contribution is 2.56. The van der Waals surface area contributed by atoms with Gasteiger partial charge in [-0.25, -0.2) is 13.1 Å². The number of rotatable bonds is 3. The van der Waals surface area contributed by atoms with Crippen molar-refractivity contribution >= 4 is 37.3 Å². The predicted molar refractivity (Wildman–Crippen MR) is 88.0 cm³/mol. The second-order valence-electron chi connectivity index (χ2n) is 7.27. The van der Waals surface area contributed by atoms with Crippen LogP contribution < -0.4 is 4.72 Å². The molecule has 3 nitrogen and oxygen atoms in total. The third-order valence-electron chi connectivity index (χ3n) is 5.52. The summed E-state index contributed by atoms with van der Waals surface area (Å²) in [6.07, 6.45) is 7.10. The first-order valence-corrected chi connectivity index (χ1v) is 10.7. The summed E-state index contributed by atoms with van der Waals surface area (Å²) in [6, 6.07) is 1.74. The van der Waals surface area contributed by atoms with E-state index in [9.17, 15) is 8.42 Å². The topological polar surface area (TPSA) is 46.2 Å². The van der Waals surface area contributed by atoms with Gasteiger partial charge in [-0.3, -0.25) is 0 Å². The molecule has 1 aromatic heterocycles. The maximum Gasteiger partial charge on any atom is 0.242 e. The van der Waals surface area contributed by atoms with Crippen LogP contribution in [0.2, 0.25) is 0 Å². The Bertz CT molecular complexity index is 645. The summed E-state index contributed by atoms with van der Waals surface area (Å²) >= 11 is 4.88. The number of thiophene rings is 1. The van der Waals surface area contributed by atoms with Gasteiger partial charge in [0.05, 0.1) is 8.68 Å². The molecule has 4 bridgehead atoms. The van der Waals surface area contributed by atoms with E-state index in [-0.39, 0.29) is 5.54 Å². The third kappa shape index (κ3) is 2.52. The molecule has 5 rings (SSSR count). The molecule has 0 atom stereocenters. The molecular weight excluding hydrogens is 370 g/mol. The SMILES string of the molecule is Cc1sc(Br)cc1S(=O)(=O)NC12CC3CC(CC(C3)C1)C2. The fourth-order valence-electron chi connectivity index (χ4n) is 5.27. The van der Waals surface area contributed by atoms with E-state index in [4.69, 9.17) is 0 Å². The van der Waals surface area contributed by atoms with Gasteiger partial charge in [0.1, 0.15) is 0 Å². The number of hydrogen-bond donors (Lipinski definition) is 1. The Kier molecular flexibility index (Phi) is 3.35. The molecule has 6 heteroatoms. The van der Waals surface area contributed by atoms with E-state index in [0.29, 0.717) is 4.90 Å². The molecule has 116 valence electrons. The molecule has 0 spiro atoms. The van der Waals surface area contributed by atoms with Gasteiger partial charge in [0, 0.05) is 10.4 Å². The molecule has 1 heterocycles. The minimum atomic E-state index is -3.40. The maximum absolute atomic E-state index is 12.8. The van der Waals surface area contributed by atoms with E-state index >= 15 is 0 Å². The summed E-state index contributed by atoms with van der Waals surface area (Å²) in [5.74, 6) is 2.23. The first-order valence-electron chi connectivity index (χ1n) is 7.65. The molecule has 0 radical (unpaired) electrons. The smallest absolute Gasteiger partial charge is 0.207 e. The highest BCUT2D eigenvalue weighted by molar-refractivity contribution is 9.11. The van der Waals surface area contributed by atoms with Crippen molar-refractivity contribution in [1.29, 1.82) is 0 Å². The van der Waals surface area contributed by atoms with Gasteiger partial charge in [0.2, 0.25) is 10.0 Å². The fourth-order valence-corrected chi connectivity index (χ4v) is 9.12. The van der Waals surface area contributed by atoms with Crippen molar-refractivity contribution in [2.45, 2.75) is 55.9 Å². The molecule has 4 fully saturated rings. The molecule has 21 heavy (non-hydrogen) atoms. The lowest BCUT2D eigenvalue weighted by Gasteiger charge is -2.56. The normalized spacial score (nSPS) is 38.1. The lowest BCUT2D eigenvalue weighted by molar-refractivity contribution is -0.00810. The van der Waals surface area contributed by atoms with E-state index in [0.717, 1.165) is 45.7 Å². The van der Waals surface area contributed by atoms with Gasteiger partial charge in [-0.05, 0) is 85.2 Å². The van der Waals surface area contributed by atoms with Crippen molar-refractivity contribution in [1.82, 2.24) is 4.72 Å². The van der Waals surface area contributed by atoms with Gasteiger partial charge in [-0.2, -0.15) is 0 Å². The van der Waals surface area contributed by atoms with Crippen LogP contribution in [0.3, 0.4) is 0 Å². The minimum Gasteiger partial charge on any atom is -0.207 e. The Morgan fingerprint density at radius 3 is 2.14 bits per heavy atom. The Morgan fingerprint density at radius 1 is 1.19 bits per heavy atom. The van der Waals surface area contributed by atoms with Crippen molar-refractivity contribution in [3.05, 3.63) is 14.7 Å². The summed E-state index contributed by atoms with van der Waals surface area (Å²) in [6.45, 7) is 1.88. The number of sulfonamides is 1. The second kappa shape index (κ2) is 4.79. The predicted octanol–water partition coefficient (Wildman–Crippen LogP) is 4.07. The van der Waals surface area contributed by atoms with E-state index in [1.54, 1.807) is 6.07 Å². The van der Waals surface area contributed by atoms with Gasteiger partial charge < -0.3 is 0 Å². The van der Waals surface area contributed by atoms with Crippen LogP contribution >= 0.6 is 27.3 Å². The Morgan fingerprint density at radius 2 is 1.71 bits per heavy atom. The van der Waals surface area contributed by atoms with Crippen LogP contribution in [0.25, 0.3) is 0 Å². The lowest BCUT2D eigenvalue weighted by atomic mass is 9.53. The monoisotopic (exact) mass is 389 g/mol. The van der Waals surface area contributed by atoms with Crippen molar-refractivity contribution in [3.63, 3.8) is 0 Å². The highest BCUT2D eigenvalue weighted by atomic mass is 79.9. The van der Waals surface area contributed by atoms with Crippen LogP contribution in [0.4, 0.5) is 0 Å². The van der Waals surface area contributed by atoms with E-state index in [1.165, 1.54) is 30.6 Å². The Labute approximate surface area is 138 Å². The summed E-state index contributed by atoms with van der Waals surface area (Å²) in [4.78, 5) is 1.31. The van der Waals surface area contributed by atoms with Crippen molar-refractivity contribution < 1.29 is 8.42 Å². The van der Waals surface area contributed by atoms with E-state index in [1.807, 2.05) is 6.92 Å². The van der Waals surface area contributed by atoms with E-state index < -0.39 is 10.0 Å². The summed E-state index contributed by atoms with van der Waals surface area (Å²) in [5, 5.41) is 0. The molecule has 1 aromatic rings. The van der Waals surface area contributed by atoms with Crippen LogP contribution in [-0.4, -0.2) is 14.0 Å². The zero-order chi connectivity index (χ0) is 14.8. The fraction of sp³-hybridized carbons (Fsp3) is 0.733. The molecule has 4 aliphatic rings. The van der Waals surface area contributed by atoms with Crippen LogP contribution in [0, 0.1) is 24.7 Å². The van der Waals surface area contributed by atoms with Crippen LogP contribution in [0.5, 0.6) is 0 Å². The van der Waals surface area contributed by atoms with Crippen molar-refractivity contribution in [2.75, 3.05) is 0 Å². The summed E-state index contributed by atoms with van der Waals surface area (Å²) in [5.41, 5.74) is -0.158. The molecule has 0 saturated heterocycles. The van der Waals surface area contributed by atoms with Crippen LogP contribution in [-0.2, 0) is 10.0 Å².